The van der Waals surface area contributed by atoms with Crippen LogP contribution in [0.2, 0.25) is 0 Å². The fraction of sp³-hybridized carbons (Fsp3) is 0.462. The van der Waals surface area contributed by atoms with Crippen molar-refractivity contribution in [1.29, 1.82) is 0 Å². The molecule has 0 bridgehead atoms. The molecule has 5 heteroatoms. The molecule has 1 saturated heterocycles. The van der Waals surface area contributed by atoms with Crippen LogP contribution in [0, 0.1) is 5.92 Å². The third-order valence-electron chi connectivity index (χ3n) is 3.42. The van der Waals surface area contributed by atoms with E-state index in [1.54, 1.807) is 0 Å². The van der Waals surface area contributed by atoms with E-state index in [4.69, 9.17) is 18.0 Å². The standard InChI is InChI=1S/C13H17BrN2OS/c1-8-7-16(5-4-12(8)17)11-3-2-9(14)6-10(11)13(15)18/h2-3,6,8,12,17H,4-5,7H2,1H3,(H2,15,18). The molecule has 2 rings (SSSR count). The summed E-state index contributed by atoms with van der Waals surface area (Å²) in [4.78, 5) is 2.66. The van der Waals surface area contributed by atoms with Gasteiger partial charge < -0.3 is 15.7 Å². The lowest BCUT2D eigenvalue weighted by molar-refractivity contribution is 0.0971. The predicted molar refractivity (Wildman–Crippen MR) is 82.0 cm³/mol. The number of anilines is 1. The molecule has 0 aliphatic carbocycles. The highest BCUT2D eigenvalue weighted by Crippen LogP contribution is 2.28. The number of piperidine rings is 1. The zero-order valence-electron chi connectivity index (χ0n) is 10.3. The number of aliphatic hydroxyl groups excluding tert-OH is 1. The van der Waals surface area contributed by atoms with Gasteiger partial charge in [-0.2, -0.15) is 0 Å². The lowest BCUT2D eigenvalue weighted by Crippen LogP contribution is -2.42. The Morgan fingerprint density at radius 2 is 2.28 bits per heavy atom. The highest BCUT2D eigenvalue weighted by molar-refractivity contribution is 9.10. The number of nitrogens with zero attached hydrogens (tertiary/aromatic N) is 1. The van der Waals surface area contributed by atoms with E-state index < -0.39 is 0 Å². The van der Waals surface area contributed by atoms with Gasteiger partial charge in [-0.25, -0.2) is 0 Å². The first-order valence-electron chi connectivity index (χ1n) is 6.01. The number of thiocarbonyl (C=S) groups is 1. The largest absolute Gasteiger partial charge is 0.393 e. The molecule has 1 fully saturated rings. The average molecular weight is 329 g/mol. The van der Waals surface area contributed by atoms with Crippen molar-refractivity contribution < 1.29 is 5.11 Å². The molecule has 2 atom stereocenters. The Morgan fingerprint density at radius 3 is 2.89 bits per heavy atom. The van der Waals surface area contributed by atoms with E-state index in [0.717, 1.165) is 35.2 Å². The number of benzene rings is 1. The molecule has 0 spiro atoms. The lowest BCUT2D eigenvalue weighted by atomic mass is 9.95. The summed E-state index contributed by atoms with van der Waals surface area (Å²) in [5.74, 6) is 0.265. The Hall–Kier alpha value is -0.650. The van der Waals surface area contributed by atoms with Gasteiger partial charge in [0.25, 0.3) is 0 Å². The van der Waals surface area contributed by atoms with Crippen LogP contribution in [0.15, 0.2) is 22.7 Å². The molecule has 3 nitrogen and oxygen atoms in total. The Bertz CT molecular complexity index is 466. The van der Waals surface area contributed by atoms with Gasteiger partial charge in [0.1, 0.15) is 4.99 Å². The Morgan fingerprint density at radius 1 is 1.56 bits per heavy atom. The second-order valence-electron chi connectivity index (χ2n) is 4.81. The van der Waals surface area contributed by atoms with E-state index in [1.165, 1.54) is 0 Å². The van der Waals surface area contributed by atoms with Crippen LogP contribution in [0.4, 0.5) is 5.69 Å². The molecule has 1 aliphatic heterocycles. The minimum absolute atomic E-state index is 0.204. The first kappa shape index (κ1) is 13.8. The van der Waals surface area contributed by atoms with E-state index in [0.29, 0.717) is 4.99 Å². The van der Waals surface area contributed by atoms with Crippen LogP contribution in [0.1, 0.15) is 18.9 Å². The molecule has 1 heterocycles. The van der Waals surface area contributed by atoms with Gasteiger partial charge in [0, 0.05) is 28.8 Å². The Balaban J connectivity index is 2.30. The van der Waals surface area contributed by atoms with Gasteiger partial charge >= 0.3 is 0 Å². The summed E-state index contributed by atoms with van der Waals surface area (Å²) in [6.45, 7) is 3.73. The number of hydrogen-bond donors (Lipinski definition) is 2. The summed E-state index contributed by atoms with van der Waals surface area (Å²) in [6.07, 6.45) is 0.582. The maximum Gasteiger partial charge on any atom is 0.106 e. The highest BCUT2D eigenvalue weighted by atomic mass is 79.9. The monoisotopic (exact) mass is 328 g/mol. The SMILES string of the molecule is CC1CN(c2ccc(Br)cc2C(N)=S)CCC1O. The molecular weight excluding hydrogens is 312 g/mol. The molecule has 0 aromatic heterocycles. The van der Waals surface area contributed by atoms with Crippen molar-refractivity contribution >= 4 is 38.8 Å². The lowest BCUT2D eigenvalue weighted by Gasteiger charge is -2.36. The Kier molecular flexibility index (Phi) is 4.25. The minimum atomic E-state index is -0.204. The van der Waals surface area contributed by atoms with Gasteiger partial charge in [-0.1, -0.05) is 35.1 Å². The quantitative estimate of drug-likeness (QED) is 0.818. The first-order chi connectivity index (χ1) is 8.49. The predicted octanol–water partition coefficient (Wildman–Crippen LogP) is 2.29. The maximum atomic E-state index is 9.78. The molecule has 0 saturated carbocycles. The molecule has 1 aromatic carbocycles. The second-order valence-corrected chi connectivity index (χ2v) is 6.16. The van der Waals surface area contributed by atoms with Crippen LogP contribution in [-0.2, 0) is 0 Å². The van der Waals surface area contributed by atoms with E-state index in [2.05, 4.69) is 27.8 Å². The summed E-state index contributed by atoms with van der Waals surface area (Å²) >= 11 is 8.55. The fourth-order valence-electron chi connectivity index (χ4n) is 2.33. The normalized spacial score (nSPS) is 24.1. The fourth-order valence-corrected chi connectivity index (χ4v) is 2.86. The van der Waals surface area contributed by atoms with Crippen molar-refractivity contribution in [3.63, 3.8) is 0 Å². The van der Waals surface area contributed by atoms with Crippen LogP contribution in [0.3, 0.4) is 0 Å². The van der Waals surface area contributed by atoms with Gasteiger partial charge in [-0.15, -0.1) is 0 Å². The van der Waals surface area contributed by atoms with Crippen molar-refractivity contribution in [3.05, 3.63) is 28.2 Å². The van der Waals surface area contributed by atoms with Crippen molar-refractivity contribution in [2.24, 2.45) is 11.7 Å². The number of halogens is 1. The van der Waals surface area contributed by atoms with Crippen LogP contribution in [-0.4, -0.2) is 29.3 Å². The molecular formula is C13H17BrN2OS. The van der Waals surface area contributed by atoms with E-state index in [9.17, 15) is 5.11 Å². The summed E-state index contributed by atoms with van der Waals surface area (Å²) in [5, 5.41) is 9.78. The molecule has 0 radical (unpaired) electrons. The molecule has 3 N–H and O–H groups in total. The topological polar surface area (TPSA) is 49.5 Å². The number of rotatable bonds is 2. The number of nitrogens with two attached hydrogens (primary N) is 1. The van der Waals surface area contributed by atoms with Crippen molar-refractivity contribution in [1.82, 2.24) is 0 Å². The first-order valence-corrected chi connectivity index (χ1v) is 7.21. The third kappa shape index (κ3) is 2.84. The van der Waals surface area contributed by atoms with Gasteiger partial charge in [-0.05, 0) is 30.5 Å². The van der Waals surface area contributed by atoms with E-state index in [1.807, 2.05) is 18.2 Å². The molecule has 0 amide bonds. The molecule has 1 aromatic rings. The molecule has 18 heavy (non-hydrogen) atoms. The van der Waals surface area contributed by atoms with E-state index in [-0.39, 0.29) is 12.0 Å². The van der Waals surface area contributed by atoms with Gasteiger partial charge in [0.15, 0.2) is 0 Å². The summed E-state index contributed by atoms with van der Waals surface area (Å²) in [7, 11) is 0. The van der Waals surface area contributed by atoms with Crippen LogP contribution >= 0.6 is 28.1 Å². The van der Waals surface area contributed by atoms with Gasteiger partial charge in [-0.3, -0.25) is 0 Å². The van der Waals surface area contributed by atoms with Crippen LogP contribution < -0.4 is 10.6 Å². The molecule has 1 aliphatic rings. The number of hydrogen-bond acceptors (Lipinski definition) is 3. The second kappa shape index (κ2) is 5.55. The van der Waals surface area contributed by atoms with Crippen molar-refractivity contribution in [2.75, 3.05) is 18.0 Å². The Labute approximate surface area is 121 Å². The summed E-state index contributed by atoms with van der Waals surface area (Å²) in [5.41, 5.74) is 7.74. The van der Waals surface area contributed by atoms with Crippen LogP contribution in [0.5, 0.6) is 0 Å². The smallest absolute Gasteiger partial charge is 0.106 e. The third-order valence-corrected chi connectivity index (χ3v) is 4.14. The molecule has 98 valence electrons. The van der Waals surface area contributed by atoms with Crippen molar-refractivity contribution in [3.8, 4) is 0 Å². The minimum Gasteiger partial charge on any atom is -0.393 e. The van der Waals surface area contributed by atoms with E-state index >= 15 is 0 Å². The molecule has 2 unspecified atom stereocenters. The highest BCUT2D eigenvalue weighted by Gasteiger charge is 2.25. The maximum absolute atomic E-state index is 9.78. The van der Waals surface area contributed by atoms with Gasteiger partial charge in [0.2, 0.25) is 0 Å². The average Bonchev–Trinajstić information content (AvgIpc) is 2.32. The van der Waals surface area contributed by atoms with Crippen LogP contribution in [0.25, 0.3) is 0 Å². The van der Waals surface area contributed by atoms with Crippen molar-refractivity contribution in [2.45, 2.75) is 19.4 Å². The zero-order valence-corrected chi connectivity index (χ0v) is 12.7. The summed E-state index contributed by atoms with van der Waals surface area (Å²) < 4.78 is 0.971. The van der Waals surface area contributed by atoms with Gasteiger partial charge in [0.05, 0.1) is 6.10 Å². The summed E-state index contributed by atoms with van der Waals surface area (Å²) in [6, 6.07) is 5.98. The zero-order chi connectivity index (χ0) is 13.3. The number of aliphatic hydroxyl groups is 1.